The summed E-state index contributed by atoms with van der Waals surface area (Å²) in [6.45, 7) is 1.73. The highest BCUT2D eigenvalue weighted by atomic mass is 19.1. The third-order valence-corrected chi connectivity index (χ3v) is 2.56. The normalized spacial score (nSPS) is 21.7. The number of likely N-dealkylation sites (N-methyl/N-ethyl adjacent to an activating group) is 1. The topological polar surface area (TPSA) is 25.4 Å². The average Bonchev–Trinajstić information content (AvgIpc) is 2.16. The van der Waals surface area contributed by atoms with Crippen molar-refractivity contribution in [2.24, 2.45) is 0 Å². The summed E-state index contributed by atoms with van der Waals surface area (Å²) in [5.41, 5.74) is 0. The molecule has 0 aliphatic carbocycles. The lowest BCUT2D eigenvalue weighted by molar-refractivity contribution is 0.0766. The number of rotatable bonds is 3. The molecule has 2 heterocycles. The van der Waals surface area contributed by atoms with Crippen LogP contribution in [0.4, 0.5) is 4.39 Å². The van der Waals surface area contributed by atoms with Crippen molar-refractivity contribution in [3.63, 3.8) is 0 Å². The van der Waals surface area contributed by atoms with Gasteiger partial charge in [0.05, 0.1) is 12.4 Å². The van der Waals surface area contributed by atoms with Crippen molar-refractivity contribution in [3.8, 4) is 5.75 Å². The van der Waals surface area contributed by atoms with Crippen LogP contribution < -0.4 is 4.74 Å². The van der Waals surface area contributed by atoms with Gasteiger partial charge < -0.3 is 4.74 Å². The molecular formula is C10H13FN2O. The second kappa shape index (κ2) is 3.92. The number of hydrogen-bond donors (Lipinski definition) is 0. The van der Waals surface area contributed by atoms with Crippen molar-refractivity contribution in [2.45, 2.75) is 12.5 Å². The summed E-state index contributed by atoms with van der Waals surface area (Å²) in [6, 6.07) is 1.82. The zero-order chi connectivity index (χ0) is 9.97. The molecule has 1 aliphatic heterocycles. The first-order chi connectivity index (χ1) is 6.75. The Hall–Kier alpha value is -1.16. The van der Waals surface area contributed by atoms with Gasteiger partial charge in [0.15, 0.2) is 0 Å². The highest BCUT2D eigenvalue weighted by Crippen LogP contribution is 2.16. The third kappa shape index (κ3) is 2.01. The van der Waals surface area contributed by atoms with E-state index in [0.29, 0.717) is 18.4 Å². The second-order valence-corrected chi connectivity index (χ2v) is 3.57. The Morgan fingerprint density at radius 1 is 1.64 bits per heavy atom. The van der Waals surface area contributed by atoms with E-state index in [-0.39, 0.29) is 5.82 Å². The summed E-state index contributed by atoms with van der Waals surface area (Å²) in [4.78, 5) is 5.93. The molecule has 14 heavy (non-hydrogen) atoms. The minimum Gasteiger partial charge on any atom is -0.490 e. The summed E-state index contributed by atoms with van der Waals surface area (Å²) in [5, 5.41) is 0. The highest BCUT2D eigenvalue weighted by molar-refractivity contribution is 5.16. The molecule has 1 atom stereocenters. The van der Waals surface area contributed by atoms with Crippen molar-refractivity contribution in [3.05, 3.63) is 24.3 Å². The van der Waals surface area contributed by atoms with Gasteiger partial charge in [-0.05, 0) is 20.0 Å². The van der Waals surface area contributed by atoms with E-state index in [1.165, 1.54) is 18.5 Å². The summed E-state index contributed by atoms with van der Waals surface area (Å²) < 4.78 is 18.1. The fourth-order valence-electron chi connectivity index (χ4n) is 1.44. The maximum atomic E-state index is 12.7. The number of ether oxygens (including phenoxy) is 1. The molecule has 0 aromatic carbocycles. The van der Waals surface area contributed by atoms with E-state index in [0.717, 1.165) is 13.0 Å². The first-order valence-corrected chi connectivity index (χ1v) is 4.69. The van der Waals surface area contributed by atoms with Crippen LogP contribution in [0.2, 0.25) is 0 Å². The molecule has 4 heteroatoms. The molecule has 0 bridgehead atoms. The Balaban J connectivity index is 1.85. The second-order valence-electron chi connectivity index (χ2n) is 3.57. The van der Waals surface area contributed by atoms with Crippen LogP contribution in [0.3, 0.4) is 0 Å². The Kier molecular flexibility index (Phi) is 2.63. The molecule has 0 radical (unpaired) electrons. The van der Waals surface area contributed by atoms with Crippen LogP contribution >= 0.6 is 0 Å². The molecule has 1 unspecified atom stereocenters. The number of likely N-dealkylation sites (tertiary alicyclic amines) is 1. The third-order valence-electron chi connectivity index (χ3n) is 2.56. The molecule has 3 nitrogen and oxygen atoms in total. The fourth-order valence-corrected chi connectivity index (χ4v) is 1.44. The van der Waals surface area contributed by atoms with Gasteiger partial charge in [-0.1, -0.05) is 0 Å². The number of halogens is 1. The maximum absolute atomic E-state index is 12.7. The summed E-state index contributed by atoms with van der Waals surface area (Å²) in [5.74, 6) is 0.148. The predicted octanol–water partition coefficient (Wildman–Crippen LogP) is 1.30. The van der Waals surface area contributed by atoms with Gasteiger partial charge in [-0.15, -0.1) is 0 Å². The largest absolute Gasteiger partial charge is 0.490 e. The molecule has 1 aromatic heterocycles. The summed E-state index contributed by atoms with van der Waals surface area (Å²) >= 11 is 0. The van der Waals surface area contributed by atoms with Crippen molar-refractivity contribution in [1.82, 2.24) is 9.88 Å². The van der Waals surface area contributed by atoms with Crippen LogP contribution in [0.15, 0.2) is 18.5 Å². The Morgan fingerprint density at radius 2 is 2.50 bits per heavy atom. The predicted molar refractivity (Wildman–Crippen MR) is 50.7 cm³/mol. The van der Waals surface area contributed by atoms with E-state index in [1.54, 1.807) is 0 Å². The lowest BCUT2D eigenvalue weighted by Crippen LogP contribution is -2.48. The molecule has 1 saturated heterocycles. The van der Waals surface area contributed by atoms with Gasteiger partial charge in [0.1, 0.15) is 18.2 Å². The number of nitrogens with zero attached hydrogens (tertiary/aromatic N) is 2. The van der Waals surface area contributed by atoms with Gasteiger partial charge in [-0.25, -0.2) is 4.39 Å². The number of aromatic nitrogens is 1. The zero-order valence-corrected chi connectivity index (χ0v) is 8.11. The maximum Gasteiger partial charge on any atom is 0.145 e. The van der Waals surface area contributed by atoms with E-state index in [1.807, 2.05) is 0 Å². The standard InChI is InChI=1S/C10H13FN2O/c1-13-3-2-9(13)7-14-10-4-8(11)5-12-6-10/h4-6,9H,2-3,7H2,1H3. The lowest BCUT2D eigenvalue weighted by atomic mass is 10.1. The number of hydrogen-bond acceptors (Lipinski definition) is 3. The summed E-state index contributed by atoms with van der Waals surface area (Å²) in [6.07, 6.45) is 3.85. The van der Waals surface area contributed by atoms with Gasteiger partial charge in [0.25, 0.3) is 0 Å². The van der Waals surface area contributed by atoms with Gasteiger partial charge in [-0.3, -0.25) is 9.88 Å². The van der Waals surface area contributed by atoms with Crippen LogP contribution in [0.25, 0.3) is 0 Å². The molecule has 1 aromatic rings. The monoisotopic (exact) mass is 196 g/mol. The molecular weight excluding hydrogens is 183 g/mol. The molecule has 0 N–H and O–H groups in total. The van der Waals surface area contributed by atoms with E-state index < -0.39 is 0 Å². The quantitative estimate of drug-likeness (QED) is 0.728. The highest BCUT2D eigenvalue weighted by Gasteiger charge is 2.24. The van der Waals surface area contributed by atoms with Crippen molar-refractivity contribution >= 4 is 0 Å². The molecule has 0 amide bonds. The smallest absolute Gasteiger partial charge is 0.145 e. The molecule has 0 saturated carbocycles. The van der Waals surface area contributed by atoms with Crippen LogP contribution in [-0.2, 0) is 0 Å². The minimum absolute atomic E-state index is 0.357. The van der Waals surface area contributed by atoms with Gasteiger partial charge >= 0.3 is 0 Å². The van der Waals surface area contributed by atoms with Crippen molar-refractivity contribution in [2.75, 3.05) is 20.2 Å². The molecule has 0 spiro atoms. The summed E-state index contributed by atoms with van der Waals surface area (Å²) in [7, 11) is 2.06. The fraction of sp³-hybridized carbons (Fsp3) is 0.500. The molecule has 76 valence electrons. The first-order valence-electron chi connectivity index (χ1n) is 4.69. The molecule has 1 aliphatic rings. The van der Waals surface area contributed by atoms with Crippen LogP contribution in [-0.4, -0.2) is 36.1 Å². The van der Waals surface area contributed by atoms with Gasteiger partial charge in [0, 0.05) is 12.1 Å². The lowest BCUT2D eigenvalue weighted by Gasteiger charge is -2.37. The molecule has 1 fully saturated rings. The number of pyridine rings is 1. The van der Waals surface area contributed by atoms with Crippen molar-refractivity contribution in [1.29, 1.82) is 0 Å². The molecule has 2 rings (SSSR count). The van der Waals surface area contributed by atoms with E-state index in [9.17, 15) is 4.39 Å². The average molecular weight is 196 g/mol. The van der Waals surface area contributed by atoms with Crippen molar-refractivity contribution < 1.29 is 9.13 Å². The van der Waals surface area contributed by atoms with Gasteiger partial charge in [-0.2, -0.15) is 0 Å². The Labute approximate surface area is 82.5 Å². The van der Waals surface area contributed by atoms with Crippen LogP contribution in [0.1, 0.15) is 6.42 Å². The van der Waals surface area contributed by atoms with Crippen LogP contribution in [0.5, 0.6) is 5.75 Å². The van der Waals surface area contributed by atoms with E-state index >= 15 is 0 Å². The van der Waals surface area contributed by atoms with Crippen LogP contribution in [0, 0.1) is 5.82 Å². The van der Waals surface area contributed by atoms with E-state index in [4.69, 9.17) is 4.74 Å². The Morgan fingerprint density at radius 3 is 3.07 bits per heavy atom. The van der Waals surface area contributed by atoms with Gasteiger partial charge in [0.2, 0.25) is 0 Å². The zero-order valence-electron chi connectivity index (χ0n) is 8.11. The SMILES string of the molecule is CN1CCC1COc1cncc(F)c1. The minimum atomic E-state index is -0.357. The Bertz CT molecular complexity index is 319. The first kappa shape index (κ1) is 9.40. The van der Waals surface area contributed by atoms with E-state index in [2.05, 4.69) is 16.9 Å².